The number of H-pyrrole nitrogens is 1. The van der Waals surface area contributed by atoms with Gasteiger partial charge in [0.05, 0.1) is 18.0 Å². The molecule has 0 bridgehead atoms. The summed E-state index contributed by atoms with van der Waals surface area (Å²) in [5, 5.41) is 5.23. The number of para-hydroxylation sites is 1. The zero-order valence-electron chi connectivity index (χ0n) is 12.6. The fraction of sp³-hybridized carbons (Fsp3) is 0.176. The third-order valence-corrected chi connectivity index (χ3v) is 4.51. The predicted octanol–water partition coefficient (Wildman–Crippen LogP) is 2.57. The van der Waals surface area contributed by atoms with Gasteiger partial charge in [-0.2, -0.15) is 0 Å². The van der Waals surface area contributed by atoms with Crippen LogP contribution in [0, 0.1) is 0 Å². The fourth-order valence-electron chi connectivity index (χ4n) is 2.41. The van der Waals surface area contributed by atoms with E-state index in [-0.39, 0.29) is 16.9 Å². The smallest absolute Gasteiger partial charge is 0.256 e. The van der Waals surface area contributed by atoms with E-state index in [2.05, 4.69) is 10.3 Å². The predicted molar refractivity (Wildman–Crippen MR) is 91.5 cm³/mol. The van der Waals surface area contributed by atoms with Crippen LogP contribution >= 0.6 is 11.3 Å². The Morgan fingerprint density at radius 3 is 2.91 bits per heavy atom. The Balaban J connectivity index is 1.81. The first-order valence-electron chi connectivity index (χ1n) is 7.19. The molecule has 0 atom stereocenters. The van der Waals surface area contributed by atoms with Gasteiger partial charge >= 0.3 is 0 Å². The van der Waals surface area contributed by atoms with Crippen molar-refractivity contribution in [3.63, 3.8) is 0 Å². The second kappa shape index (κ2) is 6.66. The molecule has 3 aromatic rings. The number of aromatic nitrogens is 1. The molecule has 23 heavy (non-hydrogen) atoms. The maximum atomic E-state index is 12.5. The Hall–Kier alpha value is -2.60. The summed E-state index contributed by atoms with van der Waals surface area (Å²) in [6.07, 6.45) is 2.19. The summed E-state index contributed by atoms with van der Waals surface area (Å²) in [6.45, 7) is 0.495. The molecule has 1 amide bonds. The average molecular weight is 328 g/mol. The van der Waals surface area contributed by atoms with Gasteiger partial charge in [-0.1, -0.05) is 12.1 Å². The topological polar surface area (TPSA) is 71.2 Å². The summed E-state index contributed by atoms with van der Waals surface area (Å²) in [6, 6.07) is 9.17. The van der Waals surface area contributed by atoms with E-state index in [0.717, 1.165) is 6.42 Å². The van der Waals surface area contributed by atoms with Crippen molar-refractivity contribution in [3.05, 3.63) is 62.6 Å². The van der Waals surface area contributed by atoms with E-state index < -0.39 is 0 Å². The number of carbonyl (C=O) groups excluding carboxylic acids is 1. The Morgan fingerprint density at radius 2 is 2.17 bits per heavy atom. The Morgan fingerprint density at radius 1 is 1.30 bits per heavy atom. The number of hydrogen-bond donors (Lipinski definition) is 2. The minimum atomic E-state index is -0.368. The summed E-state index contributed by atoms with van der Waals surface area (Å²) < 4.78 is 5.22. The standard InChI is InChI=1S/C17H16N2O3S/c1-22-14-6-2-5-12-15(14)19-10-13(16(12)20)17(21)18-8-7-11-4-3-9-23-11/h2-6,9-10H,7-8H2,1H3,(H,18,21)(H,19,20). The molecule has 0 unspecified atom stereocenters. The lowest BCUT2D eigenvalue weighted by Crippen LogP contribution is -2.30. The molecule has 0 fully saturated rings. The second-order valence-electron chi connectivity index (χ2n) is 5.00. The molecule has 0 saturated heterocycles. The molecule has 2 N–H and O–H groups in total. The van der Waals surface area contributed by atoms with Crippen molar-refractivity contribution >= 4 is 28.1 Å². The molecule has 2 heterocycles. The van der Waals surface area contributed by atoms with Gasteiger partial charge in [-0.15, -0.1) is 11.3 Å². The minimum Gasteiger partial charge on any atom is -0.495 e. The Labute approximate surface area is 136 Å². The lowest BCUT2D eigenvalue weighted by Gasteiger charge is -2.07. The maximum absolute atomic E-state index is 12.5. The van der Waals surface area contributed by atoms with Crippen LogP contribution in [0.3, 0.4) is 0 Å². The SMILES string of the molecule is COc1cccc2c(=O)c(C(=O)NCCc3cccs3)c[nH]c12. The monoisotopic (exact) mass is 328 g/mol. The highest BCUT2D eigenvalue weighted by atomic mass is 32.1. The molecule has 2 aromatic heterocycles. The Bertz CT molecular complexity index is 884. The van der Waals surface area contributed by atoms with Gasteiger partial charge in [-0.05, 0) is 30.0 Å². The highest BCUT2D eigenvalue weighted by Crippen LogP contribution is 2.20. The van der Waals surface area contributed by atoms with Crippen molar-refractivity contribution < 1.29 is 9.53 Å². The van der Waals surface area contributed by atoms with Gasteiger partial charge in [0.2, 0.25) is 5.43 Å². The molecular formula is C17H16N2O3S. The molecule has 0 radical (unpaired) electrons. The van der Waals surface area contributed by atoms with Crippen LogP contribution in [0.1, 0.15) is 15.2 Å². The number of aromatic amines is 1. The number of nitrogens with one attached hydrogen (secondary N) is 2. The van der Waals surface area contributed by atoms with E-state index >= 15 is 0 Å². The van der Waals surface area contributed by atoms with Crippen molar-refractivity contribution in [2.75, 3.05) is 13.7 Å². The van der Waals surface area contributed by atoms with Gasteiger partial charge in [-0.3, -0.25) is 9.59 Å². The van der Waals surface area contributed by atoms with Crippen LogP contribution < -0.4 is 15.5 Å². The molecule has 6 heteroatoms. The first kappa shape index (κ1) is 15.3. The second-order valence-corrected chi connectivity index (χ2v) is 6.03. The molecule has 0 aliphatic carbocycles. The summed E-state index contributed by atoms with van der Waals surface area (Å²) in [5.74, 6) is 0.205. The molecule has 3 rings (SSSR count). The highest BCUT2D eigenvalue weighted by Gasteiger charge is 2.14. The van der Waals surface area contributed by atoms with Gasteiger partial charge in [0.1, 0.15) is 11.3 Å². The Kier molecular flexibility index (Phi) is 4.43. The lowest BCUT2D eigenvalue weighted by atomic mass is 10.1. The number of benzene rings is 1. The molecule has 0 spiro atoms. The number of fused-ring (bicyclic) bond motifs is 1. The third-order valence-electron chi connectivity index (χ3n) is 3.58. The first-order chi connectivity index (χ1) is 11.2. The van der Waals surface area contributed by atoms with Crippen LogP contribution in [0.5, 0.6) is 5.75 Å². The molecular weight excluding hydrogens is 312 g/mol. The average Bonchev–Trinajstić information content (AvgIpc) is 3.08. The number of rotatable bonds is 5. The number of ether oxygens (including phenoxy) is 1. The van der Waals surface area contributed by atoms with Crippen molar-refractivity contribution in [3.8, 4) is 5.75 Å². The number of hydrogen-bond acceptors (Lipinski definition) is 4. The molecule has 5 nitrogen and oxygen atoms in total. The van der Waals surface area contributed by atoms with E-state index in [9.17, 15) is 9.59 Å². The largest absolute Gasteiger partial charge is 0.495 e. The molecule has 118 valence electrons. The summed E-state index contributed by atoms with van der Waals surface area (Å²) in [4.78, 5) is 28.9. The van der Waals surface area contributed by atoms with E-state index in [4.69, 9.17) is 4.74 Å². The van der Waals surface area contributed by atoms with E-state index in [1.807, 2.05) is 17.5 Å². The van der Waals surface area contributed by atoms with Gasteiger partial charge in [-0.25, -0.2) is 0 Å². The molecule has 1 aromatic carbocycles. The van der Waals surface area contributed by atoms with Crippen molar-refractivity contribution in [2.24, 2.45) is 0 Å². The van der Waals surface area contributed by atoms with Crippen LogP contribution in [0.15, 0.2) is 46.7 Å². The van der Waals surface area contributed by atoms with Crippen molar-refractivity contribution in [2.45, 2.75) is 6.42 Å². The molecule has 0 aliphatic rings. The van der Waals surface area contributed by atoms with Crippen LogP contribution in [0.4, 0.5) is 0 Å². The lowest BCUT2D eigenvalue weighted by molar-refractivity contribution is 0.0953. The van der Waals surface area contributed by atoms with Gasteiger partial charge in [0, 0.05) is 17.6 Å². The van der Waals surface area contributed by atoms with E-state index in [1.54, 1.807) is 29.5 Å². The first-order valence-corrected chi connectivity index (χ1v) is 8.07. The summed E-state index contributed by atoms with van der Waals surface area (Å²) >= 11 is 1.65. The summed E-state index contributed by atoms with van der Waals surface area (Å²) in [5.41, 5.74) is 0.401. The normalized spacial score (nSPS) is 10.7. The zero-order valence-corrected chi connectivity index (χ0v) is 13.4. The van der Waals surface area contributed by atoms with Crippen LogP contribution in [-0.2, 0) is 6.42 Å². The van der Waals surface area contributed by atoms with Crippen LogP contribution in [0.2, 0.25) is 0 Å². The van der Waals surface area contributed by atoms with Crippen molar-refractivity contribution in [1.29, 1.82) is 0 Å². The van der Waals surface area contributed by atoms with Crippen LogP contribution in [0.25, 0.3) is 10.9 Å². The maximum Gasteiger partial charge on any atom is 0.256 e. The fourth-order valence-corrected chi connectivity index (χ4v) is 3.12. The summed E-state index contributed by atoms with van der Waals surface area (Å²) in [7, 11) is 1.54. The molecule has 0 saturated carbocycles. The van der Waals surface area contributed by atoms with E-state index in [0.29, 0.717) is 23.2 Å². The minimum absolute atomic E-state index is 0.108. The number of pyridine rings is 1. The number of carbonyl (C=O) groups is 1. The third kappa shape index (κ3) is 3.12. The number of amides is 1. The molecule has 0 aliphatic heterocycles. The number of thiophene rings is 1. The van der Waals surface area contributed by atoms with E-state index in [1.165, 1.54) is 18.2 Å². The number of methoxy groups -OCH3 is 1. The highest BCUT2D eigenvalue weighted by molar-refractivity contribution is 7.09. The quantitative estimate of drug-likeness (QED) is 0.756. The van der Waals surface area contributed by atoms with Gasteiger partial charge < -0.3 is 15.0 Å². The van der Waals surface area contributed by atoms with Gasteiger partial charge in [0.15, 0.2) is 0 Å². The van der Waals surface area contributed by atoms with Gasteiger partial charge in [0.25, 0.3) is 5.91 Å². The zero-order chi connectivity index (χ0) is 16.2. The van der Waals surface area contributed by atoms with Crippen molar-refractivity contribution in [1.82, 2.24) is 10.3 Å². The van der Waals surface area contributed by atoms with Crippen LogP contribution in [-0.4, -0.2) is 24.5 Å².